The van der Waals surface area contributed by atoms with E-state index in [0.717, 1.165) is 5.69 Å². The average Bonchev–Trinajstić information content (AvgIpc) is 3.02. The number of hydrazone groups is 1. The maximum Gasteiger partial charge on any atom is 0.277 e. The van der Waals surface area contributed by atoms with Crippen molar-refractivity contribution in [1.29, 1.82) is 0 Å². The summed E-state index contributed by atoms with van der Waals surface area (Å²) in [4.78, 5) is 22.5. The monoisotopic (exact) mass is 441 g/mol. The summed E-state index contributed by atoms with van der Waals surface area (Å²) in [5, 5.41) is 19.6. The van der Waals surface area contributed by atoms with Crippen LogP contribution in [-0.2, 0) is 4.79 Å². The number of nitrogens with one attached hydrogen (secondary N) is 1. The highest BCUT2D eigenvalue weighted by Crippen LogP contribution is 2.28. The fourth-order valence-electron chi connectivity index (χ4n) is 3.00. The van der Waals surface area contributed by atoms with Crippen molar-refractivity contribution in [2.75, 3.05) is 6.61 Å². The fourth-order valence-corrected chi connectivity index (χ4v) is 3.32. The first kappa shape index (κ1) is 22.0. The zero-order chi connectivity index (χ0) is 22.5. The highest BCUT2D eigenvalue weighted by atomic mass is 35.5. The van der Waals surface area contributed by atoms with Gasteiger partial charge in [0.05, 0.1) is 28.1 Å². The highest BCUT2D eigenvalue weighted by Gasteiger charge is 2.15. The van der Waals surface area contributed by atoms with E-state index >= 15 is 0 Å². The van der Waals surface area contributed by atoms with Gasteiger partial charge in [-0.1, -0.05) is 29.8 Å². The van der Waals surface area contributed by atoms with Crippen molar-refractivity contribution in [2.24, 2.45) is 5.10 Å². The molecule has 1 amide bonds. The number of amides is 1. The molecule has 0 unspecified atom stereocenters. The van der Waals surface area contributed by atoms with Crippen LogP contribution < -0.4 is 10.2 Å². The third kappa shape index (κ3) is 5.07. The van der Waals surface area contributed by atoms with Gasteiger partial charge in [-0.3, -0.25) is 14.9 Å². The Morgan fingerprint density at radius 3 is 2.52 bits per heavy atom. The number of ether oxygens (including phenoxy) is 1. The molecule has 0 atom stereocenters. The fraction of sp³-hybridized carbons (Fsp3) is 0.190. The summed E-state index contributed by atoms with van der Waals surface area (Å²) in [6.45, 7) is 4.85. The van der Waals surface area contributed by atoms with Crippen molar-refractivity contribution in [3.8, 4) is 11.4 Å². The molecule has 0 saturated carbocycles. The molecule has 1 aromatic heterocycles. The largest absolute Gasteiger partial charge is 0.483 e. The number of benzene rings is 2. The summed E-state index contributed by atoms with van der Waals surface area (Å²) >= 11 is 6.41. The number of para-hydroxylation sites is 1. The molecular formula is C21H20ClN5O4. The SMILES string of the molecule is Cc1cc([N+](=O)[O-])cc(C)c1OCC(=O)N/N=C\c1c(C)nn(-c2ccccc2)c1Cl. The normalized spacial score (nSPS) is 11.0. The number of hydrogen-bond acceptors (Lipinski definition) is 6. The van der Waals surface area contributed by atoms with E-state index in [2.05, 4.69) is 15.6 Å². The number of aryl methyl sites for hydroxylation is 3. The van der Waals surface area contributed by atoms with Crippen LogP contribution in [0, 0.1) is 30.9 Å². The smallest absolute Gasteiger partial charge is 0.277 e. The zero-order valence-corrected chi connectivity index (χ0v) is 17.9. The van der Waals surface area contributed by atoms with Crippen LogP contribution in [0.4, 0.5) is 5.69 Å². The molecule has 0 aliphatic heterocycles. The Balaban J connectivity index is 1.63. The third-order valence-electron chi connectivity index (χ3n) is 4.44. The maximum atomic E-state index is 12.1. The minimum absolute atomic E-state index is 0.0281. The van der Waals surface area contributed by atoms with Crippen LogP contribution in [-0.4, -0.2) is 33.4 Å². The lowest BCUT2D eigenvalue weighted by Gasteiger charge is -2.11. The van der Waals surface area contributed by atoms with Gasteiger partial charge in [0.1, 0.15) is 10.9 Å². The van der Waals surface area contributed by atoms with Crippen LogP contribution in [0.1, 0.15) is 22.4 Å². The van der Waals surface area contributed by atoms with Gasteiger partial charge in [0.2, 0.25) is 0 Å². The quantitative estimate of drug-likeness (QED) is 0.339. The van der Waals surface area contributed by atoms with Crippen LogP contribution >= 0.6 is 11.6 Å². The first-order chi connectivity index (χ1) is 14.8. The van der Waals surface area contributed by atoms with E-state index in [1.54, 1.807) is 25.5 Å². The van der Waals surface area contributed by atoms with Gasteiger partial charge in [-0.05, 0) is 44.0 Å². The lowest BCUT2D eigenvalue weighted by molar-refractivity contribution is -0.385. The average molecular weight is 442 g/mol. The summed E-state index contributed by atoms with van der Waals surface area (Å²) in [5.74, 6) is -0.0645. The lowest BCUT2D eigenvalue weighted by Crippen LogP contribution is -2.25. The molecule has 0 bridgehead atoms. The Morgan fingerprint density at radius 2 is 1.90 bits per heavy atom. The third-order valence-corrected chi connectivity index (χ3v) is 4.80. The Kier molecular flexibility index (Phi) is 6.66. The zero-order valence-electron chi connectivity index (χ0n) is 17.1. The summed E-state index contributed by atoms with van der Waals surface area (Å²) in [5.41, 5.74) is 5.52. The molecule has 2 aromatic carbocycles. The predicted octanol–water partition coefficient (Wildman–Crippen LogP) is 3.89. The summed E-state index contributed by atoms with van der Waals surface area (Å²) in [7, 11) is 0. The Bertz CT molecular complexity index is 1140. The van der Waals surface area contributed by atoms with E-state index in [1.165, 1.54) is 18.3 Å². The highest BCUT2D eigenvalue weighted by molar-refractivity contribution is 6.32. The van der Waals surface area contributed by atoms with Gasteiger partial charge in [-0.15, -0.1) is 0 Å². The number of nitro groups is 1. The minimum Gasteiger partial charge on any atom is -0.483 e. The molecule has 3 aromatic rings. The molecule has 31 heavy (non-hydrogen) atoms. The maximum absolute atomic E-state index is 12.1. The number of carbonyl (C=O) groups excluding carboxylic acids is 1. The number of nitro benzene ring substituents is 1. The standard InChI is InChI=1S/C21H20ClN5O4/c1-13-9-17(27(29)30)10-14(2)20(13)31-12-19(28)24-23-11-18-15(3)25-26(21(18)22)16-7-5-4-6-8-16/h4-11H,12H2,1-3H3,(H,24,28)/b23-11-. The molecule has 0 saturated heterocycles. The molecule has 1 N–H and O–H groups in total. The lowest BCUT2D eigenvalue weighted by atomic mass is 10.1. The Morgan fingerprint density at radius 1 is 1.26 bits per heavy atom. The van der Waals surface area contributed by atoms with Crippen molar-refractivity contribution in [2.45, 2.75) is 20.8 Å². The van der Waals surface area contributed by atoms with Crippen LogP contribution in [0.3, 0.4) is 0 Å². The van der Waals surface area contributed by atoms with Crippen molar-refractivity contribution in [3.05, 3.63) is 80.1 Å². The Hall–Kier alpha value is -3.72. The van der Waals surface area contributed by atoms with E-state index in [4.69, 9.17) is 16.3 Å². The number of nitrogens with zero attached hydrogens (tertiary/aromatic N) is 4. The van der Waals surface area contributed by atoms with Gasteiger partial charge < -0.3 is 4.74 Å². The summed E-state index contributed by atoms with van der Waals surface area (Å²) in [6, 6.07) is 12.2. The summed E-state index contributed by atoms with van der Waals surface area (Å²) in [6.07, 6.45) is 1.42. The second-order valence-corrected chi connectivity index (χ2v) is 7.14. The first-order valence-corrected chi connectivity index (χ1v) is 9.66. The predicted molar refractivity (Wildman–Crippen MR) is 117 cm³/mol. The van der Waals surface area contributed by atoms with Crippen molar-refractivity contribution < 1.29 is 14.5 Å². The number of halogens is 1. The second-order valence-electron chi connectivity index (χ2n) is 6.78. The van der Waals surface area contributed by atoms with Crippen LogP contribution in [0.2, 0.25) is 5.15 Å². The molecule has 0 radical (unpaired) electrons. The van der Waals surface area contributed by atoms with E-state index < -0.39 is 10.8 Å². The number of non-ortho nitro benzene ring substituents is 1. The van der Waals surface area contributed by atoms with E-state index in [1.807, 2.05) is 30.3 Å². The number of rotatable bonds is 7. The van der Waals surface area contributed by atoms with Gasteiger partial charge in [-0.2, -0.15) is 10.2 Å². The number of aromatic nitrogens is 2. The van der Waals surface area contributed by atoms with Crippen molar-refractivity contribution >= 4 is 29.4 Å². The summed E-state index contributed by atoms with van der Waals surface area (Å²) < 4.78 is 7.11. The first-order valence-electron chi connectivity index (χ1n) is 9.28. The van der Waals surface area contributed by atoms with E-state index in [9.17, 15) is 14.9 Å². The molecular weight excluding hydrogens is 422 g/mol. The van der Waals surface area contributed by atoms with Crippen molar-refractivity contribution in [3.63, 3.8) is 0 Å². The Labute approximate surface area is 183 Å². The van der Waals surface area contributed by atoms with Crippen LogP contribution in [0.25, 0.3) is 5.69 Å². The second kappa shape index (κ2) is 9.40. The van der Waals surface area contributed by atoms with Gasteiger partial charge in [0.25, 0.3) is 11.6 Å². The molecule has 9 nitrogen and oxygen atoms in total. The van der Waals surface area contributed by atoms with Crippen LogP contribution in [0.5, 0.6) is 5.75 Å². The molecule has 3 rings (SSSR count). The minimum atomic E-state index is -0.488. The number of hydrogen-bond donors (Lipinski definition) is 1. The molecule has 0 aliphatic rings. The molecule has 160 valence electrons. The topological polar surface area (TPSA) is 112 Å². The van der Waals surface area contributed by atoms with Gasteiger partial charge in [0.15, 0.2) is 6.61 Å². The van der Waals surface area contributed by atoms with E-state index in [-0.39, 0.29) is 12.3 Å². The van der Waals surface area contributed by atoms with Crippen LogP contribution in [0.15, 0.2) is 47.6 Å². The van der Waals surface area contributed by atoms with Gasteiger partial charge in [-0.25, -0.2) is 10.1 Å². The molecule has 10 heteroatoms. The van der Waals surface area contributed by atoms with Gasteiger partial charge >= 0.3 is 0 Å². The molecule has 0 aliphatic carbocycles. The van der Waals surface area contributed by atoms with Gasteiger partial charge in [0, 0.05) is 12.1 Å². The van der Waals surface area contributed by atoms with Crippen molar-refractivity contribution in [1.82, 2.24) is 15.2 Å². The number of carbonyl (C=O) groups is 1. The molecule has 0 spiro atoms. The van der Waals surface area contributed by atoms with E-state index in [0.29, 0.717) is 33.3 Å². The molecule has 1 heterocycles. The molecule has 0 fully saturated rings.